The molecule has 0 amide bonds. The molecule has 1 aromatic rings. The summed E-state index contributed by atoms with van der Waals surface area (Å²) in [6.45, 7) is 8.52. The highest BCUT2D eigenvalue weighted by Crippen LogP contribution is 2.21. The highest BCUT2D eigenvalue weighted by atomic mass is 16.5. The van der Waals surface area contributed by atoms with Gasteiger partial charge in [0.2, 0.25) is 0 Å². The molecule has 1 aromatic carbocycles. The van der Waals surface area contributed by atoms with Crippen LogP contribution in [0.25, 0.3) is 0 Å². The second-order valence-corrected chi connectivity index (χ2v) is 4.21. The summed E-state index contributed by atoms with van der Waals surface area (Å²) in [5.41, 5.74) is 1.29. The summed E-state index contributed by atoms with van der Waals surface area (Å²) in [6.07, 6.45) is 2.10. The number of rotatable bonds is 4. The van der Waals surface area contributed by atoms with E-state index >= 15 is 0 Å². The molecule has 14 heavy (non-hydrogen) atoms. The van der Waals surface area contributed by atoms with Crippen LogP contribution in [0.5, 0.6) is 5.75 Å². The van der Waals surface area contributed by atoms with Gasteiger partial charge in [-0.05, 0) is 44.4 Å². The summed E-state index contributed by atoms with van der Waals surface area (Å²) in [6, 6.07) is 8.36. The molecular formula is C13H20O. The van der Waals surface area contributed by atoms with Crippen LogP contribution in [0.4, 0.5) is 0 Å². The Kier molecular flexibility index (Phi) is 3.56. The van der Waals surface area contributed by atoms with E-state index in [9.17, 15) is 0 Å². The van der Waals surface area contributed by atoms with Crippen molar-refractivity contribution in [3.63, 3.8) is 0 Å². The molecule has 0 heterocycles. The fourth-order valence-electron chi connectivity index (χ4n) is 1.18. The molecule has 0 aliphatic heterocycles. The van der Waals surface area contributed by atoms with Crippen LogP contribution in [0, 0.1) is 0 Å². The molecule has 0 fully saturated rings. The van der Waals surface area contributed by atoms with E-state index < -0.39 is 0 Å². The topological polar surface area (TPSA) is 9.23 Å². The Morgan fingerprint density at radius 1 is 1.07 bits per heavy atom. The molecule has 0 N–H and O–H groups in total. The SMILES string of the molecule is CCc1ccc(OC(C)(C)CC)cc1. The molecule has 0 saturated carbocycles. The van der Waals surface area contributed by atoms with Gasteiger partial charge in [0.1, 0.15) is 11.4 Å². The lowest BCUT2D eigenvalue weighted by atomic mass is 10.1. The normalized spacial score (nSPS) is 11.4. The van der Waals surface area contributed by atoms with Crippen molar-refractivity contribution in [2.24, 2.45) is 0 Å². The van der Waals surface area contributed by atoms with Gasteiger partial charge in [-0.3, -0.25) is 0 Å². The standard InChI is InChI=1S/C13H20O/c1-5-11-7-9-12(10-8-11)14-13(3,4)6-2/h7-10H,5-6H2,1-4H3. The molecule has 0 bridgehead atoms. The Morgan fingerprint density at radius 2 is 1.64 bits per heavy atom. The molecule has 0 aromatic heterocycles. The predicted octanol–water partition coefficient (Wildman–Crippen LogP) is 3.82. The third-order valence-electron chi connectivity index (χ3n) is 2.58. The highest BCUT2D eigenvalue weighted by molar-refractivity contribution is 5.27. The third kappa shape index (κ3) is 3.06. The number of hydrogen-bond acceptors (Lipinski definition) is 1. The molecule has 0 spiro atoms. The summed E-state index contributed by atoms with van der Waals surface area (Å²) in [4.78, 5) is 0. The van der Waals surface area contributed by atoms with Crippen LogP contribution < -0.4 is 4.74 Å². The van der Waals surface area contributed by atoms with Gasteiger partial charge < -0.3 is 4.74 Å². The first kappa shape index (κ1) is 11.1. The van der Waals surface area contributed by atoms with Crippen molar-refractivity contribution in [3.05, 3.63) is 29.8 Å². The minimum absolute atomic E-state index is 0.0618. The lowest BCUT2D eigenvalue weighted by Crippen LogP contribution is -2.26. The van der Waals surface area contributed by atoms with Gasteiger partial charge in [-0.25, -0.2) is 0 Å². The highest BCUT2D eigenvalue weighted by Gasteiger charge is 2.16. The van der Waals surface area contributed by atoms with Crippen molar-refractivity contribution in [3.8, 4) is 5.75 Å². The maximum Gasteiger partial charge on any atom is 0.120 e. The Hall–Kier alpha value is -0.980. The summed E-state index contributed by atoms with van der Waals surface area (Å²) < 4.78 is 5.85. The molecule has 1 heteroatoms. The van der Waals surface area contributed by atoms with E-state index in [-0.39, 0.29) is 5.60 Å². The predicted molar refractivity (Wildman–Crippen MR) is 60.8 cm³/mol. The van der Waals surface area contributed by atoms with Gasteiger partial charge in [0.05, 0.1) is 0 Å². The first-order valence-corrected chi connectivity index (χ1v) is 5.35. The van der Waals surface area contributed by atoms with E-state index in [0.29, 0.717) is 0 Å². The van der Waals surface area contributed by atoms with Crippen LogP contribution >= 0.6 is 0 Å². The third-order valence-corrected chi connectivity index (χ3v) is 2.58. The molecule has 0 radical (unpaired) electrons. The van der Waals surface area contributed by atoms with Crippen molar-refractivity contribution < 1.29 is 4.74 Å². The Morgan fingerprint density at radius 3 is 2.07 bits per heavy atom. The maximum absolute atomic E-state index is 5.85. The van der Waals surface area contributed by atoms with Crippen LogP contribution in [0.1, 0.15) is 39.7 Å². The van der Waals surface area contributed by atoms with Gasteiger partial charge in [-0.15, -0.1) is 0 Å². The second-order valence-electron chi connectivity index (χ2n) is 4.21. The lowest BCUT2D eigenvalue weighted by molar-refractivity contribution is 0.105. The van der Waals surface area contributed by atoms with Crippen LogP contribution in [0.2, 0.25) is 0 Å². The van der Waals surface area contributed by atoms with Gasteiger partial charge in [-0.1, -0.05) is 26.0 Å². The monoisotopic (exact) mass is 192 g/mol. The smallest absolute Gasteiger partial charge is 0.120 e. The number of hydrogen-bond donors (Lipinski definition) is 0. The molecule has 0 saturated heterocycles. The fourth-order valence-corrected chi connectivity index (χ4v) is 1.18. The first-order valence-electron chi connectivity index (χ1n) is 5.35. The largest absolute Gasteiger partial charge is 0.488 e. The van der Waals surface area contributed by atoms with E-state index in [2.05, 4.69) is 52.0 Å². The summed E-state index contributed by atoms with van der Waals surface area (Å²) in [7, 11) is 0. The maximum atomic E-state index is 5.85. The van der Waals surface area contributed by atoms with Gasteiger partial charge in [0, 0.05) is 0 Å². The Bertz CT molecular complexity index is 272. The average molecular weight is 192 g/mol. The zero-order valence-corrected chi connectivity index (χ0v) is 9.63. The molecular weight excluding hydrogens is 172 g/mol. The zero-order chi connectivity index (χ0) is 10.6. The zero-order valence-electron chi connectivity index (χ0n) is 9.63. The number of ether oxygens (including phenoxy) is 1. The summed E-state index contributed by atoms with van der Waals surface area (Å²) in [5, 5.41) is 0. The van der Waals surface area contributed by atoms with E-state index in [1.165, 1.54) is 5.56 Å². The van der Waals surface area contributed by atoms with Crippen LogP contribution in [-0.4, -0.2) is 5.60 Å². The molecule has 0 aliphatic rings. The van der Waals surface area contributed by atoms with E-state index in [0.717, 1.165) is 18.6 Å². The van der Waals surface area contributed by atoms with E-state index in [4.69, 9.17) is 4.74 Å². The quantitative estimate of drug-likeness (QED) is 0.704. The van der Waals surface area contributed by atoms with E-state index in [1.807, 2.05) is 0 Å². The van der Waals surface area contributed by atoms with Crippen molar-refractivity contribution in [2.75, 3.05) is 0 Å². The van der Waals surface area contributed by atoms with Crippen molar-refractivity contribution >= 4 is 0 Å². The first-order chi connectivity index (χ1) is 6.57. The molecule has 0 atom stereocenters. The van der Waals surface area contributed by atoms with Gasteiger partial charge in [-0.2, -0.15) is 0 Å². The van der Waals surface area contributed by atoms with Gasteiger partial charge >= 0.3 is 0 Å². The Labute approximate surface area is 87.1 Å². The molecule has 0 unspecified atom stereocenters. The van der Waals surface area contributed by atoms with Crippen molar-refractivity contribution in [1.29, 1.82) is 0 Å². The fraction of sp³-hybridized carbons (Fsp3) is 0.538. The molecule has 1 nitrogen and oxygen atoms in total. The van der Waals surface area contributed by atoms with Crippen molar-refractivity contribution in [1.82, 2.24) is 0 Å². The van der Waals surface area contributed by atoms with Crippen LogP contribution in [0.3, 0.4) is 0 Å². The Balaban J connectivity index is 2.69. The minimum atomic E-state index is -0.0618. The number of benzene rings is 1. The minimum Gasteiger partial charge on any atom is -0.488 e. The van der Waals surface area contributed by atoms with Crippen LogP contribution in [0.15, 0.2) is 24.3 Å². The summed E-state index contributed by atoms with van der Waals surface area (Å²) in [5.74, 6) is 0.967. The number of aryl methyl sites for hydroxylation is 1. The molecule has 1 rings (SSSR count). The van der Waals surface area contributed by atoms with E-state index in [1.54, 1.807) is 0 Å². The van der Waals surface area contributed by atoms with Gasteiger partial charge in [0.25, 0.3) is 0 Å². The summed E-state index contributed by atoms with van der Waals surface area (Å²) >= 11 is 0. The lowest BCUT2D eigenvalue weighted by Gasteiger charge is -2.24. The van der Waals surface area contributed by atoms with Crippen molar-refractivity contribution in [2.45, 2.75) is 46.1 Å². The average Bonchev–Trinajstić information content (AvgIpc) is 2.19. The molecule has 0 aliphatic carbocycles. The molecule has 78 valence electrons. The van der Waals surface area contributed by atoms with Crippen LogP contribution in [-0.2, 0) is 6.42 Å². The van der Waals surface area contributed by atoms with Gasteiger partial charge in [0.15, 0.2) is 0 Å². The second kappa shape index (κ2) is 4.50.